The lowest BCUT2D eigenvalue weighted by Gasteiger charge is -2.26. The van der Waals surface area contributed by atoms with Crippen LogP contribution in [-0.4, -0.2) is 48.7 Å². The van der Waals surface area contributed by atoms with Gasteiger partial charge in [0, 0.05) is 3.57 Å². The van der Waals surface area contributed by atoms with Crippen LogP contribution < -0.4 is 14.9 Å². The van der Waals surface area contributed by atoms with Crippen LogP contribution in [0.15, 0.2) is 30.3 Å². The zero-order chi connectivity index (χ0) is 29.3. The van der Waals surface area contributed by atoms with E-state index in [0.717, 1.165) is 25.8 Å². The van der Waals surface area contributed by atoms with E-state index in [4.69, 9.17) is 14.2 Å². The van der Waals surface area contributed by atoms with E-state index in [1.807, 2.05) is 45.0 Å². The standard InChI is InChI=1S/C28H40IN2O7P/c1-8-36-27(33)19(6)30-39(35,31-20(7)28(34)37-9-2)16-38-22-12-18(5)24(25(29)15-22)14-21-10-11-26(32)23(13-21)17(3)4/h10-13,15,17,19-20,32H,8-9,14,16H2,1-7H3,(H2,30,31,35)/t19-,20-/m0/s1. The Morgan fingerprint density at radius 2 is 1.54 bits per heavy atom. The van der Waals surface area contributed by atoms with Gasteiger partial charge >= 0.3 is 11.9 Å². The molecule has 0 aliphatic rings. The number of ether oxygens (including phenoxy) is 3. The summed E-state index contributed by atoms with van der Waals surface area (Å²) in [4.78, 5) is 24.4. The number of phenols is 1. The fourth-order valence-corrected chi connectivity index (χ4v) is 6.91. The molecule has 0 bridgehead atoms. The number of aromatic hydroxyl groups is 1. The third-order valence-electron chi connectivity index (χ3n) is 5.98. The lowest BCUT2D eigenvalue weighted by Crippen LogP contribution is -2.43. The predicted molar refractivity (Wildman–Crippen MR) is 160 cm³/mol. The molecule has 9 nitrogen and oxygen atoms in total. The number of nitrogens with one attached hydrogen (secondary N) is 2. The van der Waals surface area contributed by atoms with Gasteiger partial charge in [-0.3, -0.25) is 14.2 Å². The Labute approximate surface area is 245 Å². The largest absolute Gasteiger partial charge is 0.508 e. The van der Waals surface area contributed by atoms with E-state index < -0.39 is 31.5 Å². The van der Waals surface area contributed by atoms with Gasteiger partial charge in [-0.2, -0.15) is 0 Å². The predicted octanol–water partition coefficient (Wildman–Crippen LogP) is 5.63. The highest BCUT2D eigenvalue weighted by Crippen LogP contribution is 2.39. The summed E-state index contributed by atoms with van der Waals surface area (Å²) in [5, 5.41) is 15.7. The first kappa shape index (κ1) is 33.1. The summed E-state index contributed by atoms with van der Waals surface area (Å²) in [5.74, 6) is -0.117. The first-order valence-corrected chi connectivity index (χ1v) is 16.0. The number of phenolic OH excluding ortho intramolecular Hbond substituents is 1. The third kappa shape index (κ3) is 9.77. The Morgan fingerprint density at radius 1 is 0.974 bits per heavy atom. The molecule has 11 heteroatoms. The van der Waals surface area contributed by atoms with Gasteiger partial charge in [-0.05, 0) is 110 Å². The van der Waals surface area contributed by atoms with Crippen molar-refractivity contribution in [2.24, 2.45) is 0 Å². The molecule has 0 fully saturated rings. The molecule has 2 aromatic carbocycles. The molecule has 216 valence electrons. The van der Waals surface area contributed by atoms with Gasteiger partial charge in [0.15, 0.2) is 6.35 Å². The minimum absolute atomic E-state index is 0.186. The van der Waals surface area contributed by atoms with Gasteiger partial charge in [0.05, 0.1) is 13.2 Å². The molecule has 0 radical (unpaired) electrons. The van der Waals surface area contributed by atoms with Crippen LogP contribution in [0.25, 0.3) is 0 Å². The van der Waals surface area contributed by atoms with Crippen LogP contribution in [-0.2, 0) is 30.0 Å². The molecule has 3 N–H and O–H groups in total. The van der Waals surface area contributed by atoms with Gasteiger partial charge in [0.25, 0.3) is 0 Å². The number of carbonyl (C=O) groups is 2. The zero-order valence-electron chi connectivity index (χ0n) is 23.7. The van der Waals surface area contributed by atoms with Crippen molar-refractivity contribution in [2.75, 3.05) is 19.6 Å². The summed E-state index contributed by atoms with van der Waals surface area (Å²) >= 11 is 2.25. The minimum Gasteiger partial charge on any atom is -0.508 e. The molecular formula is C28H40IN2O7P. The number of rotatable bonds is 14. The van der Waals surface area contributed by atoms with Gasteiger partial charge in [-0.1, -0.05) is 26.0 Å². The quantitative estimate of drug-likeness (QED) is 0.133. The van der Waals surface area contributed by atoms with Crippen molar-refractivity contribution in [3.8, 4) is 11.5 Å². The highest BCUT2D eigenvalue weighted by atomic mass is 127. The van der Waals surface area contributed by atoms with Crippen molar-refractivity contribution in [2.45, 2.75) is 72.9 Å². The van der Waals surface area contributed by atoms with E-state index in [-0.39, 0.29) is 25.5 Å². The normalized spacial score (nSPS) is 13.2. The van der Waals surface area contributed by atoms with Gasteiger partial charge < -0.3 is 19.3 Å². The molecule has 0 aliphatic carbocycles. The summed E-state index contributed by atoms with van der Waals surface area (Å²) in [6.07, 6.45) is 0.366. The number of halogens is 1. The maximum atomic E-state index is 13.8. The Bertz CT molecular complexity index is 1150. The van der Waals surface area contributed by atoms with E-state index in [1.165, 1.54) is 13.8 Å². The fraction of sp³-hybridized carbons (Fsp3) is 0.500. The van der Waals surface area contributed by atoms with Gasteiger partial charge in [0.1, 0.15) is 23.6 Å². The topological polar surface area (TPSA) is 123 Å². The molecular weight excluding hydrogens is 634 g/mol. The summed E-state index contributed by atoms with van der Waals surface area (Å²) in [5.41, 5.74) is 4.11. The van der Waals surface area contributed by atoms with Crippen molar-refractivity contribution in [3.63, 3.8) is 0 Å². The zero-order valence-corrected chi connectivity index (χ0v) is 26.7. The monoisotopic (exact) mass is 674 g/mol. The first-order chi connectivity index (χ1) is 18.3. The molecule has 0 saturated heterocycles. The number of carbonyl (C=O) groups excluding carboxylic acids is 2. The molecule has 39 heavy (non-hydrogen) atoms. The van der Waals surface area contributed by atoms with E-state index in [9.17, 15) is 19.3 Å². The molecule has 0 unspecified atom stereocenters. The van der Waals surface area contributed by atoms with Gasteiger partial charge in [-0.15, -0.1) is 0 Å². The van der Waals surface area contributed by atoms with Crippen molar-refractivity contribution in [1.82, 2.24) is 10.2 Å². The molecule has 0 spiro atoms. The van der Waals surface area contributed by atoms with E-state index in [2.05, 4.69) is 32.8 Å². The number of hydrogen-bond donors (Lipinski definition) is 3. The van der Waals surface area contributed by atoms with E-state index in [0.29, 0.717) is 17.9 Å². The number of hydrogen-bond acceptors (Lipinski definition) is 7. The maximum absolute atomic E-state index is 13.8. The van der Waals surface area contributed by atoms with Crippen LogP contribution in [0, 0.1) is 10.5 Å². The Morgan fingerprint density at radius 3 is 2.03 bits per heavy atom. The minimum atomic E-state index is -3.62. The van der Waals surface area contributed by atoms with Gasteiger partial charge in [-0.25, -0.2) is 10.2 Å². The van der Waals surface area contributed by atoms with Crippen molar-refractivity contribution in [3.05, 3.63) is 56.2 Å². The highest BCUT2D eigenvalue weighted by molar-refractivity contribution is 14.1. The summed E-state index contributed by atoms with van der Waals surface area (Å²) < 4.78 is 30.8. The lowest BCUT2D eigenvalue weighted by molar-refractivity contribution is -0.145. The Hall–Kier alpha value is -2.14. The maximum Gasteiger partial charge on any atom is 0.323 e. The molecule has 2 atom stereocenters. The van der Waals surface area contributed by atoms with Crippen LogP contribution in [0.4, 0.5) is 0 Å². The highest BCUT2D eigenvalue weighted by Gasteiger charge is 2.32. The third-order valence-corrected chi connectivity index (χ3v) is 9.05. The SMILES string of the molecule is CCOC(=O)[C@H](C)NP(=O)(COc1cc(C)c(Cc2ccc(O)c(C(C)C)c2)c(I)c1)N[C@@H](C)C(=O)OCC. The summed E-state index contributed by atoms with van der Waals surface area (Å²) in [6, 6.07) is 7.62. The van der Waals surface area contributed by atoms with Crippen molar-refractivity contribution < 1.29 is 33.5 Å². The molecule has 0 aromatic heterocycles. The van der Waals surface area contributed by atoms with E-state index in [1.54, 1.807) is 19.9 Å². The smallest absolute Gasteiger partial charge is 0.323 e. The van der Waals surface area contributed by atoms with Crippen molar-refractivity contribution in [1.29, 1.82) is 0 Å². The molecule has 0 saturated carbocycles. The lowest BCUT2D eigenvalue weighted by atomic mass is 9.95. The number of benzene rings is 2. The molecule has 2 aromatic rings. The fourth-order valence-electron chi connectivity index (χ4n) is 3.97. The van der Waals surface area contributed by atoms with Gasteiger partial charge in [0.2, 0.25) is 7.44 Å². The second kappa shape index (κ2) is 15.0. The average molecular weight is 675 g/mol. The summed E-state index contributed by atoms with van der Waals surface area (Å²) in [6.45, 7) is 12.9. The first-order valence-electron chi connectivity index (χ1n) is 13.0. The van der Waals surface area contributed by atoms with Crippen LogP contribution in [0.2, 0.25) is 0 Å². The number of esters is 2. The second-order valence-corrected chi connectivity index (χ2v) is 13.1. The number of aryl methyl sites for hydroxylation is 1. The Kier molecular flexibility index (Phi) is 12.7. The molecule has 2 rings (SSSR count). The molecule has 0 heterocycles. The van der Waals surface area contributed by atoms with Crippen LogP contribution >= 0.6 is 30.0 Å². The van der Waals surface area contributed by atoms with Crippen LogP contribution in [0.3, 0.4) is 0 Å². The van der Waals surface area contributed by atoms with E-state index >= 15 is 0 Å². The second-order valence-electron chi connectivity index (χ2n) is 9.64. The van der Waals surface area contributed by atoms with Crippen molar-refractivity contribution >= 4 is 42.0 Å². The Balaban J connectivity index is 2.25. The summed E-state index contributed by atoms with van der Waals surface area (Å²) in [7, 11) is -3.62. The molecule has 0 amide bonds. The molecule has 0 aliphatic heterocycles. The van der Waals surface area contributed by atoms with Crippen LogP contribution in [0.1, 0.15) is 69.7 Å². The van der Waals surface area contributed by atoms with Crippen LogP contribution in [0.5, 0.6) is 11.5 Å². The average Bonchev–Trinajstić information content (AvgIpc) is 2.86.